The van der Waals surface area contributed by atoms with Crippen molar-refractivity contribution in [3.05, 3.63) is 21.8 Å². The molecule has 0 bridgehead atoms. The van der Waals surface area contributed by atoms with Gasteiger partial charge >= 0.3 is 0 Å². The van der Waals surface area contributed by atoms with Gasteiger partial charge in [-0.25, -0.2) is 0 Å². The largest absolute Gasteiger partial charge is 0.379 e. The maximum absolute atomic E-state index is 10.4. The van der Waals surface area contributed by atoms with Gasteiger partial charge in [0.2, 0.25) is 5.82 Å². The molecule has 96 valence electrons. The Balaban J connectivity index is 1.89. The molecule has 2 aromatic rings. The van der Waals surface area contributed by atoms with Gasteiger partial charge in [-0.3, -0.25) is 0 Å². The van der Waals surface area contributed by atoms with Crippen molar-refractivity contribution in [3.63, 3.8) is 0 Å². The summed E-state index contributed by atoms with van der Waals surface area (Å²) in [5, 5.41) is 19.5. The molecule has 0 spiro atoms. The Hall–Kier alpha value is -0.760. The summed E-state index contributed by atoms with van der Waals surface area (Å²) in [5.74, 6) is 0.828. The van der Waals surface area contributed by atoms with Crippen LogP contribution in [0.5, 0.6) is 0 Å². The van der Waals surface area contributed by atoms with E-state index in [2.05, 4.69) is 31.4 Å². The van der Waals surface area contributed by atoms with Gasteiger partial charge < -0.3 is 14.9 Å². The van der Waals surface area contributed by atoms with Crippen LogP contribution in [0.3, 0.4) is 0 Å². The molecule has 1 saturated heterocycles. The Labute approximate surface area is 116 Å². The van der Waals surface area contributed by atoms with Crippen molar-refractivity contribution in [3.8, 4) is 10.7 Å². The van der Waals surface area contributed by atoms with E-state index in [0.717, 1.165) is 22.3 Å². The number of halogens is 1. The lowest BCUT2D eigenvalue weighted by Gasteiger charge is -2.28. The molecule has 1 fully saturated rings. The number of rotatable bonds is 2. The van der Waals surface area contributed by atoms with E-state index in [4.69, 9.17) is 4.52 Å². The van der Waals surface area contributed by atoms with E-state index in [1.165, 1.54) is 11.3 Å². The molecule has 0 aliphatic carbocycles. The second-order valence-electron chi connectivity index (χ2n) is 4.36. The number of thiophene rings is 1. The van der Waals surface area contributed by atoms with Crippen LogP contribution >= 0.6 is 27.3 Å². The summed E-state index contributed by atoms with van der Waals surface area (Å²) in [7, 11) is 0. The van der Waals surface area contributed by atoms with E-state index in [9.17, 15) is 5.11 Å². The van der Waals surface area contributed by atoms with Crippen molar-refractivity contribution in [2.24, 2.45) is 0 Å². The molecule has 2 N–H and O–H groups in total. The van der Waals surface area contributed by atoms with Crippen molar-refractivity contribution in [2.75, 3.05) is 13.1 Å². The fourth-order valence-corrected chi connectivity index (χ4v) is 3.37. The third-order valence-electron chi connectivity index (χ3n) is 2.97. The van der Waals surface area contributed by atoms with Crippen molar-refractivity contribution in [1.29, 1.82) is 0 Å². The van der Waals surface area contributed by atoms with Crippen LogP contribution < -0.4 is 5.32 Å². The summed E-state index contributed by atoms with van der Waals surface area (Å²) in [6, 6.07) is 1.93. The van der Waals surface area contributed by atoms with E-state index in [0.29, 0.717) is 24.7 Å². The first-order chi connectivity index (χ1) is 8.67. The zero-order valence-electron chi connectivity index (χ0n) is 9.52. The molecule has 18 heavy (non-hydrogen) atoms. The van der Waals surface area contributed by atoms with Crippen LogP contribution in [0.15, 0.2) is 20.4 Å². The molecule has 3 rings (SSSR count). The molecule has 0 radical (unpaired) electrons. The van der Waals surface area contributed by atoms with Crippen molar-refractivity contribution in [1.82, 2.24) is 15.5 Å². The summed E-state index contributed by atoms with van der Waals surface area (Å²) in [4.78, 5) is 5.23. The summed E-state index contributed by atoms with van der Waals surface area (Å²) < 4.78 is 6.20. The Kier molecular flexibility index (Phi) is 3.23. The Bertz CT molecular complexity index is 548. The second kappa shape index (κ2) is 4.73. The Morgan fingerprint density at radius 3 is 3.11 bits per heavy atom. The lowest BCUT2D eigenvalue weighted by atomic mass is 9.94. The number of hydrogen-bond acceptors (Lipinski definition) is 6. The fraction of sp³-hybridized carbons (Fsp3) is 0.455. The zero-order chi connectivity index (χ0) is 12.6. The normalized spacial score (nSPS) is 24.3. The third-order valence-corrected chi connectivity index (χ3v) is 4.66. The lowest BCUT2D eigenvalue weighted by Crippen LogP contribution is -2.43. The molecule has 1 atom stereocenters. The topological polar surface area (TPSA) is 71.2 Å². The van der Waals surface area contributed by atoms with Gasteiger partial charge in [-0.1, -0.05) is 5.16 Å². The summed E-state index contributed by atoms with van der Waals surface area (Å²) in [5.41, 5.74) is -1.03. The molecule has 0 amide bonds. The van der Waals surface area contributed by atoms with Gasteiger partial charge in [-0.05, 0) is 41.4 Å². The number of hydrogen-bond donors (Lipinski definition) is 2. The molecular weight excluding hydrogens is 318 g/mol. The standard InChI is InChI=1S/C11H12BrN3O2S/c12-7-4-8(18-5-7)9-14-10(17-15-9)11(16)2-1-3-13-6-11/h4-5,13,16H,1-3,6H2. The van der Waals surface area contributed by atoms with E-state index < -0.39 is 5.60 Å². The van der Waals surface area contributed by atoms with Crippen LogP contribution in [0.1, 0.15) is 18.7 Å². The second-order valence-corrected chi connectivity index (χ2v) is 6.19. The summed E-state index contributed by atoms with van der Waals surface area (Å²) in [6.45, 7) is 1.38. The number of aromatic nitrogens is 2. The minimum atomic E-state index is -1.03. The predicted molar refractivity (Wildman–Crippen MR) is 71.3 cm³/mol. The van der Waals surface area contributed by atoms with Gasteiger partial charge in [0.15, 0.2) is 5.60 Å². The Morgan fingerprint density at radius 2 is 2.44 bits per heavy atom. The van der Waals surface area contributed by atoms with Crippen LogP contribution in [0.2, 0.25) is 0 Å². The molecule has 3 heterocycles. The number of nitrogens with zero attached hydrogens (tertiary/aromatic N) is 2. The smallest absolute Gasteiger partial charge is 0.260 e. The number of aliphatic hydroxyl groups is 1. The molecule has 1 aliphatic heterocycles. The molecule has 0 saturated carbocycles. The molecule has 1 aliphatic rings. The molecule has 7 heteroatoms. The lowest BCUT2D eigenvalue weighted by molar-refractivity contribution is -0.0167. The van der Waals surface area contributed by atoms with Gasteiger partial charge in [-0.2, -0.15) is 4.98 Å². The van der Waals surface area contributed by atoms with Gasteiger partial charge in [0.1, 0.15) is 0 Å². The highest BCUT2D eigenvalue weighted by Gasteiger charge is 2.37. The fourth-order valence-electron chi connectivity index (χ4n) is 2.01. The number of nitrogens with one attached hydrogen (secondary N) is 1. The molecule has 0 aromatic carbocycles. The van der Waals surface area contributed by atoms with Crippen molar-refractivity contribution >= 4 is 27.3 Å². The predicted octanol–water partition coefficient (Wildman–Crippen LogP) is 2.13. The number of piperidine rings is 1. The van der Waals surface area contributed by atoms with Crippen molar-refractivity contribution < 1.29 is 9.63 Å². The molecule has 2 aromatic heterocycles. The van der Waals surface area contributed by atoms with Crippen molar-refractivity contribution in [2.45, 2.75) is 18.4 Å². The van der Waals surface area contributed by atoms with Crippen LogP contribution in [-0.4, -0.2) is 28.3 Å². The Morgan fingerprint density at radius 1 is 1.56 bits per heavy atom. The van der Waals surface area contributed by atoms with E-state index in [1.54, 1.807) is 0 Å². The summed E-state index contributed by atoms with van der Waals surface area (Å²) in [6.07, 6.45) is 1.55. The molecule has 5 nitrogen and oxygen atoms in total. The highest BCUT2D eigenvalue weighted by Crippen LogP contribution is 2.31. The first-order valence-electron chi connectivity index (χ1n) is 5.69. The zero-order valence-corrected chi connectivity index (χ0v) is 11.9. The van der Waals surface area contributed by atoms with E-state index in [1.807, 2.05) is 11.4 Å². The highest BCUT2D eigenvalue weighted by molar-refractivity contribution is 9.10. The minimum absolute atomic E-state index is 0.300. The van der Waals surface area contributed by atoms with E-state index in [-0.39, 0.29) is 0 Å². The third kappa shape index (κ3) is 2.23. The average molecular weight is 330 g/mol. The van der Waals surface area contributed by atoms with Crippen LogP contribution in [0.4, 0.5) is 0 Å². The SMILES string of the molecule is OC1(c2nc(-c3cc(Br)cs3)no2)CCCNC1. The first kappa shape index (κ1) is 12.3. The quantitative estimate of drug-likeness (QED) is 0.883. The van der Waals surface area contributed by atoms with Gasteiger partial charge in [0.05, 0.1) is 4.88 Å². The van der Waals surface area contributed by atoms with Gasteiger partial charge in [0, 0.05) is 16.4 Å². The highest BCUT2D eigenvalue weighted by atomic mass is 79.9. The van der Waals surface area contributed by atoms with Crippen LogP contribution in [0, 0.1) is 0 Å². The van der Waals surface area contributed by atoms with Gasteiger partial charge in [-0.15, -0.1) is 11.3 Å². The average Bonchev–Trinajstić information content (AvgIpc) is 2.98. The minimum Gasteiger partial charge on any atom is -0.379 e. The molecule has 1 unspecified atom stereocenters. The van der Waals surface area contributed by atoms with E-state index >= 15 is 0 Å². The monoisotopic (exact) mass is 329 g/mol. The van der Waals surface area contributed by atoms with Crippen LogP contribution in [0.25, 0.3) is 10.7 Å². The first-order valence-corrected chi connectivity index (χ1v) is 7.36. The summed E-state index contributed by atoms with van der Waals surface area (Å²) >= 11 is 4.92. The number of β-amino-alcohol motifs (C(OH)–C–C–N with tert-alkyl or cyclic N) is 1. The maximum Gasteiger partial charge on any atom is 0.260 e. The van der Waals surface area contributed by atoms with Gasteiger partial charge in [0.25, 0.3) is 5.89 Å². The van der Waals surface area contributed by atoms with Crippen LogP contribution in [-0.2, 0) is 5.60 Å². The molecular formula is C11H12BrN3O2S. The maximum atomic E-state index is 10.4.